The molecule has 0 aromatic heterocycles. The molecule has 0 aliphatic heterocycles. The Bertz CT molecular complexity index is 435. The van der Waals surface area contributed by atoms with E-state index in [1.807, 2.05) is 13.8 Å². The third kappa shape index (κ3) is 4.72. The van der Waals surface area contributed by atoms with E-state index in [1.54, 1.807) is 0 Å². The fourth-order valence-corrected chi connectivity index (χ4v) is 1.67. The zero-order valence-corrected chi connectivity index (χ0v) is 12.7. The van der Waals surface area contributed by atoms with Gasteiger partial charge in [-0.05, 0) is 24.5 Å². The number of nitrogens with zero attached hydrogens (tertiary/aromatic N) is 1. The van der Waals surface area contributed by atoms with Crippen LogP contribution in [-0.4, -0.2) is 30.4 Å². The van der Waals surface area contributed by atoms with Gasteiger partial charge in [-0.15, -0.1) is 12.4 Å². The molecule has 0 radical (unpaired) electrons. The van der Waals surface area contributed by atoms with Gasteiger partial charge in [-0.3, -0.25) is 4.79 Å². The van der Waals surface area contributed by atoms with Crippen LogP contribution in [-0.2, 0) is 0 Å². The molecule has 0 saturated carbocycles. The molecule has 0 aliphatic rings. The largest absolute Gasteiger partial charge is 0.341 e. The third-order valence-electron chi connectivity index (χ3n) is 3.18. The van der Waals surface area contributed by atoms with Gasteiger partial charge in [0.2, 0.25) is 0 Å². The van der Waals surface area contributed by atoms with E-state index >= 15 is 0 Å². The molecule has 0 aliphatic carbocycles. The maximum absolute atomic E-state index is 13.5. The van der Waals surface area contributed by atoms with Gasteiger partial charge in [0.05, 0.1) is 0 Å². The van der Waals surface area contributed by atoms with Crippen molar-refractivity contribution < 1.29 is 13.6 Å². The molecule has 0 bridgehead atoms. The van der Waals surface area contributed by atoms with Crippen molar-refractivity contribution >= 4 is 18.3 Å². The summed E-state index contributed by atoms with van der Waals surface area (Å²) in [6.07, 6.45) is 0.593. The number of carbonyl (C=O) groups excluding carboxylic acids is 1. The van der Waals surface area contributed by atoms with Gasteiger partial charge in [0, 0.05) is 19.6 Å². The van der Waals surface area contributed by atoms with E-state index in [1.165, 1.54) is 18.0 Å². The first kappa shape index (κ1) is 18.8. The fourth-order valence-electron chi connectivity index (χ4n) is 1.67. The van der Waals surface area contributed by atoms with Crippen LogP contribution < -0.4 is 5.73 Å². The monoisotopic (exact) mass is 306 g/mol. The molecule has 1 unspecified atom stereocenters. The van der Waals surface area contributed by atoms with Crippen molar-refractivity contribution in [2.24, 2.45) is 11.7 Å². The third-order valence-corrected chi connectivity index (χ3v) is 3.18. The smallest absolute Gasteiger partial charge is 0.259 e. The lowest BCUT2D eigenvalue weighted by atomic mass is 10.0. The second-order valence-electron chi connectivity index (χ2n) is 5.02. The summed E-state index contributed by atoms with van der Waals surface area (Å²) < 4.78 is 27.0. The fraction of sp³-hybridized carbons (Fsp3) is 0.500. The van der Waals surface area contributed by atoms with Crippen molar-refractivity contribution in [1.82, 2.24) is 4.90 Å². The Hall–Kier alpha value is -1.20. The summed E-state index contributed by atoms with van der Waals surface area (Å²) in [5.41, 5.74) is 5.37. The summed E-state index contributed by atoms with van der Waals surface area (Å²) in [5.74, 6) is -2.05. The van der Waals surface area contributed by atoms with Crippen molar-refractivity contribution in [3.63, 3.8) is 0 Å². The SMILES string of the molecule is CC(C)C(N)CCN(C)C(=O)c1c(F)cccc1F.Cl. The number of benzene rings is 1. The number of rotatable bonds is 5. The van der Waals surface area contributed by atoms with Crippen LogP contribution in [0.2, 0.25) is 0 Å². The Balaban J connectivity index is 0.00000361. The second kappa shape index (κ2) is 8.17. The second-order valence-corrected chi connectivity index (χ2v) is 5.02. The first-order chi connectivity index (χ1) is 8.84. The van der Waals surface area contributed by atoms with E-state index in [0.717, 1.165) is 12.1 Å². The standard InChI is InChI=1S/C14H20F2N2O.ClH/c1-9(2)12(17)7-8-18(3)14(19)13-10(15)5-4-6-11(13)16;/h4-6,9,12H,7-8,17H2,1-3H3;1H. The Kier molecular flexibility index (Phi) is 7.68. The molecule has 6 heteroatoms. The highest BCUT2D eigenvalue weighted by atomic mass is 35.5. The summed E-state index contributed by atoms with van der Waals surface area (Å²) >= 11 is 0. The molecule has 1 aromatic rings. The first-order valence-corrected chi connectivity index (χ1v) is 6.29. The Morgan fingerprint density at radius 1 is 1.30 bits per heavy atom. The summed E-state index contributed by atoms with van der Waals surface area (Å²) in [4.78, 5) is 13.3. The molecule has 1 amide bonds. The molecule has 20 heavy (non-hydrogen) atoms. The lowest BCUT2D eigenvalue weighted by Gasteiger charge is -2.22. The van der Waals surface area contributed by atoms with E-state index in [-0.39, 0.29) is 18.4 Å². The average Bonchev–Trinajstić information content (AvgIpc) is 2.34. The summed E-state index contributed by atoms with van der Waals surface area (Å²) in [7, 11) is 1.52. The predicted molar refractivity (Wildman–Crippen MR) is 78.0 cm³/mol. The summed E-state index contributed by atoms with van der Waals surface area (Å²) in [6.45, 7) is 4.35. The molecular weight excluding hydrogens is 286 g/mol. The Morgan fingerprint density at radius 2 is 1.80 bits per heavy atom. The van der Waals surface area contributed by atoms with Crippen LogP contribution >= 0.6 is 12.4 Å². The summed E-state index contributed by atoms with van der Waals surface area (Å²) in [6, 6.07) is 3.34. The zero-order chi connectivity index (χ0) is 14.6. The van der Waals surface area contributed by atoms with Crippen molar-refractivity contribution in [3.05, 3.63) is 35.4 Å². The van der Waals surface area contributed by atoms with Crippen molar-refractivity contribution in [2.75, 3.05) is 13.6 Å². The van der Waals surface area contributed by atoms with Crippen LogP contribution in [0.25, 0.3) is 0 Å². The normalized spacial score (nSPS) is 11.9. The predicted octanol–water partition coefficient (Wildman–Crippen LogP) is 2.83. The first-order valence-electron chi connectivity index (χ1n) is 6.29. The number of amides is 1. The van der Waals surface area contributed by atoms with Crippen LogP contribution in [0.5, 0.6) is 0 Å². The molecule has 114 valence electrons. The van der Waals surface area contributed by atoms with Gasteiger partial charge < -0.3 is 10.6 Å². The number of carbonyl (C=O) groups is 1. The van der Waals surface area contributed by atoms with Crippen molar-refractivity contribution in [3.8, 4) is 0 Å². The van der Waals surface area contributed by atoms with Gasteiger partial charge in [0.25, 0.3) is 5.91 Å². The molecular formula is C14H21ClF2N2O. The molecule has 0 spiro atoms. The lowest BCUT2D eigenvalue weighted by Crippen LogP contribution is -2.35. The van der Waals surface area contributed by atoms with Gasteiger partial charge >= 0.3 is 0 Å². The molecule has 0 heterocycles. The van der Waals surface area contributed by atoms with Crippen LogP contribution in [0, 0.1) is 17.6 Å². The van der Waals surface area contributed by atoms with Crippen LogP contribution in [0.3, 0.4) is 0 Å². The molecule has 3 nitrogen and oxygen atoms in total. The van der Waals surface area contributed by atoms with Gasteiger partial charge in [-0.2, -0.15) is 0 Å². The quantitative estimate of drug-likeness (QED) is 0.909. The van der Waals surface area contributed by atoms with Crippen LogP contribution in [0.15, 0.2) is 18.2 Å². The molecule has 1 aromatic carbocycles. The minimum absolute atomic E-state index is 0. The van der Waals surface area contributed by atoms with Crippen LogP contribution in [0.1, 0.15) is 30.6 Å². The van der Waals surface area contributed by atoms with Crippen molar-refractivity contribution in [2.45, 2.75) is 26.3 Å². The van der Waals surface area contributed by atoms with E-state index in [2.05, 4.69) is 0 Å². The van der Waals surface area contributed by atoms with Gasteiger partial charge in [-0.1, -0.05) is 19.9 Å². The molecule has 0 fully saturated rings. The zero-order valence-electron chi connectivity index (χ0n) is 11.9. The Morgan fingerprint density at radius 3 is 2.25 bits per heavy atom. The topological polar surface area (TPSA) is 46.3 Å². The molecule has 1 rings (SSSR count). The van der Waals surface area contributed by atoms with E-state index in [0.29, 0.717) is 18.9 Å². The maximum Gasteiger partial charge on any atom is 0.259 e. The molecule has 0 saturated heterocycles. The van der Waals surface area contributed by atoms with E-state index in [4.69, 9.17) is 5.73 Å². The highest BCUT2D eigenvalue weighted by molar-refractivity contribution is 5.94. The van der Waals surface area contributed by atoms with E-state index in [9.17, 15) is 13.6 Å². The Labute approximate surface area is 124 Å². The maximum atomic E-state index is 13.5. The van der Waals surface area contributed by atoms with E-state index < -0.39 is 23.1 Å². The van der Waals surface area contributed by atoms with Gasteiger partial charge in [0.1, 0.15) is 17.2 Å². The van der Waals surface area contributed by atoms with Gasteiger partial charge in [0.15, 0.2) is 0 Å². The number of halogens is 3. The lowest BCUT2D eigenvalue weighted by molar-refractivity contribution is 0.0779. The van der Waals surface area contributed by atoms with Crippen molar-refractivity contribution in [1.29, 1.82) is 0 Å². The number of hydrogen-bond donors (Lipinski definition) is 1. The number of nitrogens with two attached hydrogens (primary N) is 1. The summed E-state index contributed by atoms with van der Waals surface area (Å²) in [5, 5.41) is 0. The number of hydrogen-bond acceptors (Lipinski definition) is 2. The minimum Gasteiger partial charge on any atom is -0.341 e. The van der Waals surface area contributed by atoms with Crippen LogP contribution in [0.4, 0.5) is 8.78 Å². The highest BCUT2D eigenvalue weighted by Gasteiger charge is 2.21. The van der Waals surface area contributed by atoms with Gasteiger partial charge in [-0.25, -0.2) is 8.78 Å². The highest BCUT2D eigenvalue weighted by Crippen LogP contribution is 2.14. The molecule has 1 atom stereocenters. The average molecular weight is 307 g/mol. The minimum atomic E-state index is -0.843. The molecule has 2 N–H and O–H groups in total.